The topological polar surface area (TPSA) is 49.7 Å². The van der Waals surface area contributed by atoms with Gasteiger partial charge in [0.1, 0.15) is 5.82 Å². The molecule has 0 spiro atoms. The summed E-state index contributed by atoms with van der Waals surface area (Å²) in [6.45, 7) is 0.273. The van der Waals surface area contributed by atoms with Gasteiger partial charge in [0.15, 0.2) is 0 Å². The van der Waals surface area contributed by atoms with Gasteiger partial charge in [0, 0.05) is 0 Å². The normalized spacial score (nSPS) is 10.9. The molecule has 0 bridgehead atoms. The predicted octanol–water partition coefficient (Wildman–Crippen LogP) is 1.99. The lowest BCUT2D eigenvalue weighted by Gasteiger charge is -2.03. The highest BCUT2D eigenvalue weighted by atomic mass is 31.2. The summed E-state index contributed by atoms with van der Waals surface area (Å²) in [6, 6.07) is 6.32. The van der Waals surface area contributed by atoms with Crippen molar-refractivity contribution in [3.63, 3.8) is 0 Å². The van der Waals surface area contributed by atoms with Gasteiger partial charge in [-0.05, 0) is 30.5 Å². The fourth-order valence-corrected chi connectivity index (χ4v) is 1.41. The molecule has 0 unspecified atom stereocenters. The summed E-state index contributed by atoms with van der Waals surface area (Å²) < 4.78 is 17.3. The Morgan fingerprint density at radius 1 is 1.36 bits per heavy atom. The Bertz CT molecular complexity index is 281. The van der Waals surface area contributed by atoms with E-state index < -0.39 is 8.60 Å². The number of hydrogen-bond acceptors (Lipinski definition) is 3. The Kier molecular flexibility index (Phi) is 4.98. The maximum atomic E-state index is 12.7. The molecule has 0 heterocycles. The van der Waals surface area contributed by atoms with Crippen molar-refractivity contribution >= 4 is 8.60 Å². The Balaban J connectivity index is 2.25. The van der Waals surface area contributed by atoms with Gasteiger partial charge in [0.2, 0.25) is 0 Å². The highest BCUT2D eigenvalue weighted by Crippen LogP contribution is 2.24. The second-order valence-corrected chi connectivity index (χ2v) is 3.58. The number of benzene rings is 1. The zero-order valence-electron chi connectivity index (χ0n) is 7.56. The molecule has 1 rings (SSSR count). The van der Waals surface area contributed by atoms with Crippen LogP contribution in [0.2, 0.25) is 0 Å². The Morgan fingerprint density at radius 3 is 2.79 bits per heavy atom. The van der Waals surface area contributed by atoms with Crippen LogP contribution in [0, 0.1) is 5.82 Å². The summed E-state index contributed by atoms with van der Waals surface area (Å²) in [5.74, 6) is -0.255. The van der Waals surface area contributed by atoms with Gasteiger partial charge < -0.3 is 14.3 Å². The number of hydrogen-bond donors (Lipinski definition) is 2. The Hall–Kier alpha value is -0.540. The van der Waals surface area contributed by atoms with Crippen LogP contribution in [-0.2, 0) is 10.9 Å². The molecule has 0 aliphatic rings. The average molecular weight is 218 g/mol. The van der Waals surface area contributed by atoms with Crippen LogP contribution in [-0.4, -0.2) is 16.4 Å². The molecule has 78 valence electrons. The van der Waals surface area contributed by atoms with Gasteiger partial charge in [-0.3, -0.25) is 0 Å². The maximum absolute atomic E-state index is 12.7. The lowest BCUT2D eigenvalue weighted by molar-refractivity contribution is 0.252. The van der Waals surface area contributed by atoms with Crippen molar-refractivity contribution in [3.8, 4) is 0 Å². The second-order valence-electron chi connectivity index (χ2n) is 2.82. The number of rotatable bonds is 5. The van der Waals surface area contributed by atoms with Gasteiger partial charge in [0.05, 0.1) is 6.61 Å². The smallest absolute Gasteiger partial charge is 0.327 e. The zero-order valence-corrected chi connectivity index (χ0v) is 8.45. The van der Waals surface area contributed by atoms with E-state index in [0.717, 1.165) is 5.56 Å². The van der Waals surface area contributed by atoms with Crippen molar-refractivity contribution in [1.29, 1.82) is 0 Å². The zero-order chi connectivity index (χ0) is 10.4. The molecule has 0 amide bonds. The Labute approximate surface area is 83.2 Å². The molecule has 14 heavy (non-hydrogen) atoms. The van der Waals surface area contributed by atoms with Crippen LogP contribution in [0.5, 0.6) is 0 Å². The summed E-state index contributed by atoms with van der Waals surface area (Å²) in [4.78, 5) is 16.9. The van der Waals surface area contributed by atoms with Crippen LogP contribution in [0.15, 0.2) is 24.3 Å². The third-order valence-electron chi connectivity index (χ3n) is 1.71. The van der Waals surface area contributed by atoms with E-state index in [2.05, 4.69) is 4.52 Å². The number of halogens is 1. The standard InChI is InChI=1S/C9H12FO3P/c10-9-5-1-3-8(7-9)4-2-6-13-14(11)12/h1,3,5,7,11-12H,2,4,6H2. The van der Waals surface area contributed by atoms with Gasteiger partial charge in [-0.1, -0.05) is 12.1 Å². The first-order valence-corrected chi connectivity index (χ1v) is 5.40. The molecule has 3 nitrogen and oxygen atoms in total. The van der Waals surface area contributed by atoms with Crippen molar-refractivity contribution in [2.24, 2.45) is 0 Å². The molecule has 0 aliphatic carbocycles. The van der Waals surface area contributed by atoms with Crippen LogP contribution >= 0.6 is 8.60 Å². The van der Waals surface area contributed by atoms with E-state index in [-0.39, 0.29) is 12.4 Å². The summed E-state index contributed by atoms with van der Waals surface area (Å²) in [5, 5.41) is 0. The number of aryl methyl sites for hydroxylation is 1. The summed E-state index contributed by atoms with van der Waals surface area (Å²) >= 11 is 0. The second kappa shape index (κ2) is 6.04. The molecule has 2 N–H and O–H groups in total. The van der Waals surface area contributed by atoms with Crippen molar-refractivity contribution in [1.82, 2.24) is 0 Å². The lowest BCUT2D eigenvalue weighted by Crippen LogP contribution is -1.93. The van der Waals surface area contributed by atoms with E-state index in [9.17, 15) is 4.39 Å². The quantitative estimate of drug-likeness (QED) is 0.587. The van der Waals surface area contributed by atoms with Gasteiger partial charge in [-0.15, -0.1) is 0 Å². The molecular weight excluding hydrogens is 206 g/mol. The molecule has 5 heteroatoms. The third-order valence-corrected chi connectivity index (χ3v) is 2.12. The predicted molar refractivity (Wildman–Crippen MR) is 52.0 cm³/mol. The SMILES string of the molecule is OP(O)OCCCc1cccc(F)c1. The Morgan fingerprint density at radius 2 is 2.14 bits per heavy atom. The minimum atomic E-state index is -2.26. The van der Waals surface area contributed by atoms with Gasteiger partial charge in [-0.25, -0.2) is 4.39 Å². The van der Waals surface area contributed by atoms with Crippen LogP contribution in [0.4, 0.5) is 4.39 Å². The molecule has 1 aromatic rings. The van der Waals surface area contributed by atoms with E-state index in [4.69, 9.17) is 9.79 Å². The first-order chi connectivity index (χ1) is 6.68. The average Bonchev–Trinajstić information content (AvgIpc) is 2.12. The third kappa shape index (κ3) is 4.63. The minimum absolute atomic E-state index is 0.255. The molecule has 0 fully saturated rings. The monoisotopic (exact) mass is 218 g/mol. The summed E-state index contributed by atoms with van der Waals surface area (Å²) in [7, 11) is -2.26. The van der Waals surface area contributed by atoms with E-state index in [1.165, 1.54) is 12.1 Å². The van der Waals surface area contributed by atoms with Crippen LogP contribution < -0.4 is 0 Å². The van der Waals surface area contributed by atoms with Crippen molar-refractivity contribution in [2.45, 2.75) is 12.8 Å². The molecule has 1 aromatic carbocycles. The van der Waals surface area contributed by atoms with Crippen LogP contribution in [0.25, 0.3) is 0 Å². The minimum Gasteiger partial charge on any atom is -0.328 e. The largest absolute Gasteiger partial charge is 0.328 e. The first kappa shape index (κ1) is 11.5. The first-order valence-electron chi connectivity index (χ1n) is 4.24. The molecule has 0 saturated carbocycles. The molecule has 0 aliphatic heterocycles. The van der Waals surface area contributed by atoms with E-state index in [1.807, 2.05) is 6.07 Å². The van der Waals surface area contributed by atoms with E-state index in [1.54, 1.807) is 6.07 Å². The van der Waals surface area contributed by atoms with E-state index in [0.29, 0.717) is 12.8 Å². The molecule has 0 radical (unpaired) electrons. The van der Waals surface area contributed by atoms with Gasteiger partial charge >= 0.3 is 8.60 Å². The lowest BCUT2D eigenvalue weighted by atomic mass is 10.1. The van der Waals surface area contributed by atoms with Crippen LogP contribution in [0.3, 0.4) is 0 Å². The highest BCUT2D eigenvalue weighted by Gasteiger charge is 1.99. The maximum Gasteiger partial charge on any atom is 0.327 e. The van der Waals surface area contributed by atoms with Crippen LogP contribution in [0.1, 0.15) is 12.0 Å². The molecular formula is C9H12FO3P. The van der Waals surface area contributed by atoms with Gasteiger partial charge in [-0.2, -0.15) is 0 Å². The van der Waals surface area contributed by atoms with Gasteiger partial charge in [0.25, 0.3) is 0 Å². The molecule has 0 saturated heterocycles. The van der Waals surface area contributed by atoms with Crippen molar-refractivity contribution in [2.75, 3.05) is 6.61 Å². The van der Waals surface area contributed by atoms with Crippen molar-refractivity contribution in [3.05, 3.63) is 35.6 Å². The van der Waals surface area contributed by atoms with Crippen molar-refractivity contribution < 1.29 is 18.7 Å². The highest BCUT2D eigenvalue weighted by molar-refractivity contribution is 7.39. The molecule has 0 atom stereocenters. The molecule has 0 aromatic heterocycles. The fourth-order valence-electron chi connectivity index (χ4n) is 1.11. The van der Waals surface area contributed by atoms with E-state index >= 15 is 0 Å². The fraction of sp³-hybridized carbons (Fsp3) is 0.333. The summed E-state index contributed by atoms with van der Waals surface area (Å²) in [5.41, 5.74) is 0.883. The summed E-state index contributed by atoms with van der Waals surface area (Å²) in [6.07, 6.45) is 1.31.